The number of nitrogens with zero attached hydrogens (tertiary/aromatic N) is 1. The molecule has 2 atom stereocenters. The third-order valence-electron chi connectivity index (χ3n) is 4.95. The van der Waals surface area contributed by atoms with Crippen molar-refractivity contribution in [3.05, 3.63) is 0 Å². The summed E-state index contributed by atoms with van der Waals surface area (Å²) in [5.41, 5.74) is -0.886. The summed E-state index contributed by atoms with van der Waals surface area (Å²) in [5.74, 6) is -1.07. The number of methoxy groups -OCH3 is 1. The van der Waals surface area contributed by atoms with Crippen molar-refractivity contribution in [2.24, 2.45) is 11.3 Å². The molecule has 2 fully saturated rings. The van der Waals surface area contributed by atoms with Crippen LogP contribution in [0, 0.1) is 11.3 Å². The molecular weight excluding hydrogens is 338 g/mol. The van der Waals surface area contributed by atoms with Gasteiger partial charge >= 0.3 is 5.97 Å². The zero-order valence-electron chi connectivity index (χ0n) is 14.1. The molecule has 1 N–H and O–H groups in total. The van der Waals surface area contributed by atoms with E-state index in [9.17, 15) is 18.3 Å². The van der Waals surface area contributed by atoms with Crippen LogP contribution >= 0.6 is 0 Å². The zero-order valence-corrected chi connectivity index (χ0v) is 14.9. The topological polar surface area (TPSA) is 102 Å². The fraction of sp³-hybridized carbons (Fsp3) is 0.933. The molecule has 0 spiro atoms. The maximum atomic E-state index is 12.4. The third-order valence-corrected chi connectivity index (χ3v) is 6.70. The fourth-order valence-corrected chi connectivity index (χ4v) is 4.98. The lowest BCUT2D eigenvalue weighted by Crippen LogP contribution is -2.38. The largest absolute Gasteiger partial charge is 0.481 e. The van der Waals surface area contributed by atoms with Gasteiger partial charge in [0, 0.05) is 20.2 Å². The lowest BCUT2D eigenvalue weighted by molar-refractivity contribution is -0.149. The standard InChI is InChI=1S/C15H27NO7S/c1-21-5-6-22-7-8-23-9-10-24(19,20)16-11-13-3-2-4-15(13,12-16)14(17)18/h13H,2-12H2,1H3,(H,17,18)/t13-,15+/m0/s1. The Bertz CT molecular complexity index is 524. The van der Waals surface area contributed by atoms with Crippen molar-refractivity contribution in [1.29, 1.82) is 0 Å². The number of hydrogen-bond donors (Lipinski definition) is 1. The molecule has 1 saturated heterocycles. The van der Waals surface area contributed by atoms with Gasteiger partial charge < -0.3 is 19.3 Å². The minimum absolute atomic E-state index is 0.0696. The van der Waals surface area contributed by atoms with Gasteiger partial charge in [0.25, 0.3) is 0 Å². The van der Waals surface area contributed by atoms with E-state index in [1.54, 1.807) is 7.11 Å². The predicted octanol–water partition coefficient (Wildman–Crippen LogP) is 0.183. The van der Waals surface area contributed by atoms with E-state index in [0.29, 0.717) is 39.4 Å². The van der Waals surface area contributed by atoms with E-state index in [4.69, 9.17) is 14.2 Å². The van der Waals surface area contributed by atoms with Gasteiger partial charge in [0.05, 0.1) is 44.2 Å². The second-order valence-electron chi connectivity index (χ2n) is 6.38. The first-order valence-electron chi connectivity index (χ1n) is 8.28. The summed E-state index contributed by atoms with van der Waals surface area (Å²) < 4.78 is 41.5. The van der Waals surface area contributed by atoms with Crippen LogP contribution in [0.3, 0.4) is 0 Å². The number of carboxylic acid groups (broad SMARTS) is 1. The molecule has 0 aromatic rings. The van der Waals surface area contributed by atoms with Crippen LogP contribution in [0.1, 0.15) is 19.3 Å². The molecule has 140 valence electrons. The average molecular weight is 365 g/mol. The minimum atomic E-state index is -3.49. The number of carbonyl (C=O) groups is 1. The van der Waals surface area contributed by atoms with Gasteiger partial charge in [0.1, 0.15) is 0 Å². The van der Waals surface area contributed by atoms with E-state index in [1.807, 2.05) is 0 Å². The average Bonchev–Trinajstić information content (AvgIpc) is 3.08. The first-order chi connectivity index (χ1) is 11.4. The van der Waals surface area contributed by atoms with Crippen LogP contribution < -0.4 is 0 Å². The summed E-state index contributed by atoms with van der Waals surface area (Å²) in [6.45, 7) is 2.18. The van der Waals surface area contributed by atoms with Crippen LogP contribution in [0.4, 0.5) is 0 Å². The Morgan fingerprint density at radius 2 is 1.88 bits per heavy atom. The maximum Gasteiger partial charge on any atom is 0.311 e. The molecule has 0 bridgehead atoms. The third kappa shape index (κ3) is 4.45. The molecule has 1 aliphatic carbocycles. The van der Waals surface area contributed by atoms with Gasteiger partial charge in [0.15, 0.2) is 0 Å². The highest BCUT2D eigenvalue weighted by molar-refractivity contribution is 7.89. The Hall–Kier alpha value is -0.740. The molecule has 2 rings (SSSR count). The van der Waals surface area contributed by atoms with Gasteiger partial charge in [-0.2, -0.15) is 0 Å². The summed E-state index contributed by atoms with van der Waals surface area (Å²) in [7, 11) is -1.90. The van der Waals surface area contributed by atoms with Gasteiger partial charge in [-0.15, -0.1) is 0 Å². The monoisotopic (exact) mass is 365 g/mol. The van der Waals surface area contributed by atoms with Crippen LogP contribution in [0.5, 0.6) is 0 Å². The molecular formula is C15H27NO7S. The highest BCUT2D eigenvalue weighted by Crippen LogP contribution is 2.49. The summed E-state index contributed by atoms with van der Waals surface area (Å²) in [5, 5.41) is 9.52. The summed E-state index contributed by atoms with van der Waals surface area (Å²) in [6, 6.07) is 0. The number of rotatable bonds is 11. The molecule has 1 saturated carbocycles. The Morgan fingerprint density at radius 1 is 1.21 bits per heavy atom. The second-order valence-corrected chi connectivity index (χ2v) is 8.46. The lowest BCUT2D eigenvalue weighted by Gasteiger charge is -2.23. The molecule has 1 aliphatic heterocycles. The number of carboxylic acids is 1. The highest BCUT2D eigenvalue weighted by atomic mass is 32.2. The summed E-state index contributed by atoms with van der Waals surface area (Å²) in [6.07, 6.45) is 2.21. The molecule has 0 unspecified atom stereocenters. The van der Waals surface area contributed by atoms with E-state index >= 15 is 0 Å². The molecule has 1 heterocycles. The number of sulfonamides is 1. The van der Waals surface area contributed by atoms with Crippen molar-refractivity contribution in [3.8, 4) is 0 Å². The summed E-state index contributed by atoms with van der Waals surface area (Å²) >= 11 is 0. The molecule has 0 aromatic carbocycles. The molecule has 0 radical (unpaired) electrons. The summed E-state index contributed by atoms with van der Waals surface area (Å²) in [4.78, 5) is 11.6. The van der Waals surface area contributed by atoms with Gasteiger partial charge in [-0.05, 0) is 18.8 Å². The molecule has 8 nitrogen and oxygen atoms in total. The Labute approximate surface area is 143 Å². The lowest BCUT2D eigenvalue weighted by atomic mass is 9.81. The van der Waals surface area contributed by atoms with Gasteiger partial charge in [-0.1, -0.05) is 6.42 Å². The van der Waals surface area contributed by atoms with Crippen LogP contribution in [-0.2, 0) is 29.0 Å². The van der Waals surface area contributed by atoms with E-state index in [0.717, 1.165) is 12.8 Å². The van der Waals surface area contributed by atoms with Crippen LogP contribution in [-0.4, -0.2) is 82.8 Å². The Morgan fingerprint density at radius 3 is 2.50 bits per heavy atom. The number of fused-ring (bicyclic) bond motifs is 1. The van der Waals surface area contributed by atoms with Crippen LogP contribution in [0.2, 0.25) is 0 Å². The first-order valence-corrected chi connectivity index (χ1v) is 9.89. The first kappa shape index (κ1) is 19.6. The van der Waals surface area contributed by atoms with Crippen LogP contribution in [0.15, 0.2) is 0 Å². The molecule has 0 aromatic heterocycles. The van der Waals surface area contributed by atoms with Crippen molar-refractivity contribution in [2.45, 2.75) is 19.3 Å². The molecule has 2 aliphatic rings. The van der Waals surface area contributed by atoms with E-state index < -0.39 is 21.4 Å². The Balaban J connectivity index is 1.73. The smallest absolute Gasteiger partial charge is 0.311 e. The van der Waals surface area contributed by atoms with Gasteiger partial charge in [0.2, 0.25) is 10.0 Å². The van der Waals surface area contributed by atoms with Crippen molar-refractivity contribution < 1.29 is 32.5 Å². The van der Waals surface area contributed by atoms with Gasteiger partial charge in [-0.25, -0.2) is 12.7 Å². The van der Waals surface area contributed by atoms with Crippen LogP contribution in [0.25, 0.3) is 0 Å². The highest BCUT2D eigenvalue weighted by Gasteiger charge is 2.56. The van der Waals surface area contributed by atoms with E-state index in [1.165, 1.54) is 4.31 Å². The molecule has 24 heavy (non-hydrogen) atoms. The van der Waals surface area contributed by atoms with E-state index in [-0.39, 0.29) is 24.8 Å². The SMILES string of the molecule is COCCOCCOCCS(=O)(=O)N1C[C@@H]2CCC[C@@]2(C(=O)O)C1. The van der Waals surface area contributed by atoms with Crippen molar-refractivity contribution in [2.75, 3.05) is 59.0 Å². The number of ether oxygens (including phenoxy) is 3. The quantitative estimate of drug-likeness (QED) is 0.521. The number of hydrogen-bond acceptors (Lipinski definition) is 6. The number of aliphatic carboxylic acids is 1. The zero-order chi connectivity index (χ0) is 17.6. The van der Waals surface area contributed by atoms with E-state index in [2.05, 4.69) is 0 Å². The van der Waals surface area contributed by atoms with Crippen molar-refractivity contribution >= 4 is 16.0 Å². The van der Waals surface area contributed by atoms with Crippen molar-refractivity contribution in [3.63, 3.8) is 0 Å². The Kier molecular flexibility index (Phi) is 6.99. The van der Waals surface area contributed by atoms with Gasteiger partial charge in [-0.3, -0.25) is 4.79 Å². The predicted molar refractivity (Wildman–Crippen MR) is 86.3 cm³/mol. The minimum Gasteiger partial charge on any atom is -0.481 e. The fourth-order valence-electron chi connectivity index (χ4n) is 3.56. The van der Waals surface area contributed by atoms with Crippen molar-refractivity contribution in [1.82, 2.24) is 4.31 Å². The molecule has 0 amide bonds. The molecule has 9 heteroatoms. The normalized spacial score (nSPS) is 27.5. The second kappa shape index (κ2) is 8.57. The maximum absolute atomic E-state index is 12.4.